The van der Waals surface area contributed by atoms with E-state index in [1.807, 2.05) is 0 Å². The standard InChI is InChI=1S/C27H29N5O5/c1-2-31-24-6-4-3-5-22(24)23-17-20(7-9-25(23)31)19-29-11-13-30(14-12-29)27(33)37-16-15-36-26-10-8-21(18-28-26)32(34)35/h3-10,17-18H,2,11-16,19H2,1H3. The number of carbonyl (C=O) groups excluding carboxylic acids is 1. The number of hydrogen-bond donors (Lipinski definition) is 0. The van der Waals surface area contributed by atoms with Crippen LogP contribution in [0.25, 0.3) is 21.8 Å². The van der Waals surface area contributed by atoms with Crippen LogP contribution in [0.15, 0.2) is 60.8 Å². The number of aromatic nitrogens is 2. The number of amides is 1. The number of para-hydroxylation sites is 1. The molecule has 0 atom stereocenters. The van der Waals surface area contributed by atoms with Gasteiger partial charge in [-0.1, -0.05) is 24.3 Å². The molecule has 2 aromatic heterocycles. The summed E-state index contributed by atoms with van der Waals surface area (Å²) in [5, 5.41) is 13.2. The third-order valence-corrected chi connectivity index (χ3v) is 6.68. The van der Waals surface area contributed by atoms with Gasteiger partial charge in [0.15, 0.2) is 0 Å². The third kappa shape index (κ3) is 5.34. The van der Waals surface area contributed by atoms with Gasteiger partial charge < -0.3 is 18.9 Å². The average molecular weight is 504 g/mol. The second kappa shape index (κ2) is 10.8. The lowest BCUT2D eigenvalue weighted by atomic mass is 10.1. The Labute approximate surface area is 214 Å². The number of pyridine rings is 1. The molecule has 0 bridgehead atoms. The maximum atomic E-state index is 12.4. The van der Waals surface area contributed by atoms with Gasteiger partial charge >= 0.3 is 6.09 Å². The predicted molar refractivity (Wildman–Crippen MR) is 140 cm³/mol. The minimum Gasteiger partial charge on any atom is -0.474 e. The quantitative estimate of drug-likeness (QED) is 0.199. The molecule has 192 valence electrons. The van der Waals surface area contributed by atoms with Crippen molar-refractivity contribution in [1.29, 1.82) is 0 Å². The molecule has 10 nitrogen and oxygen atoms in total. The molecule has 3 heterocycles. The lowest BCUT2D eigenvalue weighted by Gasteiger charge is -2.34. The molecule has 0 spiro atoms. The zero-order valence-corrected chi connectivity index (χ0v) is 20.7. The molecule has 5 rings (SSSR count). The number of ether oxygens (including phenoxy) is 2. The van der Waals surface area contributed by atoms with Crippen molar-refractivity contribution in [3.05, 3.63) is 76.5 Å². The average Bonchev–Trinajstić information content (AvgIpc) is 3.24. The van der Waals surface area contributed by atoms with Gasteiger partial charge in [0.1, 0.15) is 19.4 Å². The lowest BCUT2D eigenvalue weighted by Crippen LogP contribution is -2.48. The number of nitro groups is 1. The van der Waals surface area contributed by atoms with Crippen molar-refractivity contribution in [2.45, 2.75) is 20.0 Å². The summed E-state index contributed by atoms with van der Waals surface area (Å²) in [6.07, 6.45) is 0.760. The SMILES string of the molecule is CCn1c2ccccc2c2cc(CN3CCN(C(=O)OCCOc4ccc([N+](=O)[O-])cn4)CC3)ccc21. The number of fused-ring (bicyclic) bond motifs is 3. The van der Waals surface area contributed by atoms with Crippen molar-refractivity contribution in [1.82, 2.24) is 19.4 Å². The monoisotopic (exact) mass is 503 g/mol. The summed E-state index contributed by atoms with van der Waals surface area (Å²) < 4.78 is 13.1. The summed E-state index contributed by atoms with van der Waals surface area (Å²) >= 11 is 0. The minimum atomic E-state index is -0.525. The Morgan fingerprint density at radius 1 is 1.00 bits per heavy atom. The Bertz CT molecular complexity index is 1410. The second-order valence-corrected chi connectivity index (χ2v) is 8.95. The van der Waals surface area contributed by atoms with E-state index < -0.39 is 4.92 Å². The van der Waals surface area contributed by atoms with Crippen LogP contribution in [0.3, 0.4) is 0 Å². The molecule has 0 unspecified atom stereocenters. The van der Waals surface area contributed by atoms with Crippen molar-refractivity contribution in [2.75, 3.05) is 39.4 Å². The molecule has 37 heavy (non-hydrogen) atoms. The molecule has 2 aromatic carbocycles. The van der Waals surface area contributed by atoms with E-state index in [2.05, 4.69) is 63.8 Å². The van der Waals surface area contributed by atoms with Gasteiger partial charge in [-0.05, 0) is 30.7 Å². The fraction of sp³-hybridized carbons (Fsp3) is 0.333. The van der Waals surface area contributed by atoms with Gasteiger partial charge in [-0.15, -0.1) is 0 Å². The van der Waals surface area contributed by atoms with E-state index in [0.717, 1.165) is 32.4 Å². The highest BCUT2D eigenvalue weighted by atomic mass is 16.6. The van der Waals surface area contributed by atoms with Gasteiger partial charge in [0.2, 0.25) is 5.88 Å². The molecule has 0 saturated carbocycles. The molecule has 1 saturated heterocycles. The van der Waals surface area contributed by atoms with Gasteiger partial charge in [0.05, 0.1) is 4.92 Å². The first-order valence-electron chi connectivity index (χ1n) is 12.4. The van der Waals surface area contributed by atoms with Crippen LogP contribution in [-0.4, -0.2) is 69.8 Å². The van der Waals surface area contributed by atoms with Crippen LogP contribution >= 0.6 is 0 Å². The smallest absolute Gasteiger partial charge is 0.409 e. The number of benzene rings is 2. The van der Waals surface area contributed by atoms with Gasteiger partial charge in [-0.2, -0.15) is 0 Å². The Morgan fingerprint density at radius 2 is 1.78 bits per heavy atom. The first kappa shape index (κ1) is 24.5. The van der Waals surface area contributed by atoms with E-state index in [-0.39, 0.29) is 30.9 Å². The van der Waals surface area contributed by atoms with Crippen LogP contribution in [0.4, 0.5) is 10.5 Å². The van der Waals surface area contributed by atoms with Crippen molar-refractivity contribution in [2.24, 2.45) is 0 Å². The van der Waals surface area contributed by atoms with Crippen LogP contribution in [0.5, 0.6) is 5.88 Å². The second-order valence-electron chi connectivity index (χ2n) is 8.95. The number of rotatable bonds is 8. The summed E-state index contributed by atoms with van der Waals surface area (Å²) in [7, 11) is 0. The van der Waals surface area contributed by atoms with E-state index in [1.54, 1.807) is 4.90 Å². The number of piperazine rings is 1. The van der Waals surface area contributed by atoms with Crippen molar-refractivity contribution in [3.63, 3.8) is 0 Å². The highest BCUT2D eigenvalue weighted by Gasteiger charge is 2.22. The van der Waals surface area contributed by atoms with Crippen LogP contribution in [0.1, 0.15) is 12.5 Å². The Hall–Kier alpha value is -4.18. The first-order valence-corrected chi connectivity index (χ1v) is 12.4. The zero-order valence-electron chi connectivity index (χ0n) is 20.7. The maximum absolute atomic E-state index is 12.4. The van der Waals surface area contributed by atoms with E-state index >= 15 is 0 Å². The Morgan fingerprint density at radius 3 is 2.51 bits per heavy atom. The zero-order chi connectivity index (χ0) is 25.8. The van der Waals surface area contributed by atoms with Crippen molar-refractivity contribution >= 4 is 33.6 Å². The fourth-order valence-corrected chi connectivity index (χ4v) is 4.82. The van der Waals surface area contributed by atoms with Gasteiger partial charge in [0, 0.05) is 73.2 Å². The summed E-state index contributed by atoms with van der Waals surface area (Å²) in [5.74, 6) is 0.243. The summed E-state index contributed by atoms with van der Waals surface area (Å²) in [4.78, 5) is 30.5. The topological polar surface area (TPSA) is 103 Å². The van der Waals surface area contributed by atoms with Gasteiger partial charge in [-0.25, -0.2) is 9.78 Å². The Kier molecular flexibility index (Phi) is 7.18. The first-order chi connectivity index (χ1) is 18.0. The van der Waals surface area contributed by atoms with Crippen LogP contribution in [-0.2, 0) is 17.8 Å². The predicted octanol–water partition coefficient (Wildman–Crippen LogP) is 4.45. The minimum absolute atomic E-state index is 0.0725. The number of hydrogen-bond acceptors (Lipinski definition) is 7. The number of aryl methyl sites for hydroxylation is 1. The number of carbonyl (C=O) groups is 1. The van der Waals surface area contributed by atoms with Crippen LogP contribution in [0, 0.1) is 10.1 Å². The van der Waals surface area contributed by atoms with Gasteiger partial charge in [0.25, 0.3) is 5.69 Å². The van der Waals surface area contributed by atoms with E-state index in [9.17, 15) is 14.9 Å². The molecule has 1 fully saturated rings. The fourth-order valence-electron chi connectivity index (χ4n) is 4.82. The molecule has 4 aromatic rings. The molecular formula is C27H29N5O5. The maximum Gasteiger partial charge on any atom is 0.409 e. The van der Waals surface area contributed by atoms with E-state index in [0.29, 0.717) is 13.1 Å². The largest absolute Gasteiger partial charge is 0.474 e. The molecule has 1 aliphatic heterocycles. The Balaban J connectivity index is 1.09. The normalized spacial score (nSPS) is 14.2. The molecule has 0 radical (unpaired) electrons. The molecule has 0 aliphatic carbocycles. The summed E-state index contributed by atoms with van der Waals surface area (Å²) in [5.41, 5.74) is 3.68. The van der Waals surface area contributed by atoms with E-state index in [4.69, 9.17) is 9.47 Å². The van der Waals surface area contributed by atoms with E-state index in [1.165, 1.54) is 39.5 Å². The molecule has 1 amide bonds. The highest BCUT2D eigenvalue weighted by Crippen LogP contribution is 2.30. The van der Waals surface area contributed by atoms with Gasteiger partial charge in [-0.3, -0.25) is 15.0 Å². The summed E-state index contributed by atoms with van der Waals surface area (Å²) in [6.45, 7) is 6.87. The number of nitrogens with zero attached hydrogens (tertiary/aromatic N) is 5. The van der Waals surface area contributed by atoms with Crippen LogP contribution in [0.2, 0.25) is 0 Å². The molecule has 0 N–H and O–H groups in total. The molecular weight excluding hydrogens is 474 g/mol. The molecule has 10 heteroatoms. The van der Waals surface area contributed by atoms with Crippen molar-refractivity contribution in [3.8, 4) is 5.88 Å². The molecule has 1 aliphatic rings. The lowest BCUT2D eigenvalue weighted by molar-refractivity contribution is -0.385. The van der Waals surface area contributed by atoms with Crippen LogP contribution < -0.4 is 4.74 Å². The highest BCUT2D eigenvalue weighted by molar-refractivity contribution is 6.08. The summed E-state index contributed by atoms with van der Waals surface area (Å²) in [6, 6.07) is 18.0. The third-order valence-electron chi connectivity index (χ3n) is 6.68. The van der Waals surface area contributed by atoms with Crippen molar-refractivity contribution < 1.29 is 19.2 Å².